The molecule has 0 aromatic carbocycles. The first-order valence-corrected chi connectivity index (χ1v) is 33.8. The molecule has 52 heteroatoms. The average molecular weight is 1770 g/mol. The van der Waals surface area contributed by atoms with Crippen LogP contribution in [0.2, 0.25) is 0 Å². The number of carboxylic acids is 6. The van der Waals surface area contributed by atoms with Gasteiger partial charge in [-0.15, -0.1) is 0 Å². The summed E-state index contributed by atoms with van der Waals surface area (Å²) in [4.78, 5) is 151. The number of amides is 5. The number of sulfonamides is 1. The third kappa shape index (κ3) is 26.5. The normalized spacial score (nSPS) is 19.1. The van der Waals surface area contributed by atoms with Crippen LogP contribution in [-0.4, -0.2) is 408 Å². The Kier molecular flexibility index (Phi) is 37.6. The van der Waals surface area contributed by atoms with E-state index in [1.165, 1.54) is 48.1 Å². The number of alkyl halides is 17. The molecular formula is C56H83F17GdN14O19S+3. The van der Waals surface area contributed by atoms with Gasteiger partial charge in [0.2, 0.25) is 29.5 Å². The van der Waals surface area contributed by atoms with E-state index in [0.29, 0.717) is 4.90 Å². The fraction of sp³-hybridized carbons (Fsp3) is 0.804. The number of unbranched alkanes of at least 4 members (excludes halogenated alkanes) is 1. The maximum absolute atomic E-state index is 15.3. The van der Waals surface area contributed by atoms with Crippen LogP contribution < -0.4 is 21.3 Å². The molecule has 1 radical (unpaired) electrons. The average Bonchev–Trinajstić information content (AvgIpc) is 0.689. The van der Waals surface area contributed by atoms with Gasteiger partial charge in [-0.2, -0.15) is 78.9 Å². The molecule has 3 fully saturated rings. The quantitative estimate of drug-likeness (QED) is 0.0246. The van der Waals surface area contributed by atoms with Crippen molar-refractivity contribution in [1.29, 1.82) is 0 Å². The summed E-state index contributed by atoms with van der Waals surface area (Å²) in [6.45, 7) is -8.90. The van der Waals surface area contributed by atoms with Gasteiger partial charge in [0.15, 0.2) is 0 Å². The van der Waals surface area contributed by atoms with Crippen molar-refractivity contribution in [2.24, 2.45) is 0 Å². The molecule has 0 saturated carbocycles. The molecular weight excluding hydrogens is 1680 g/mol. The second-order valence-corrected chi connectivity index (χ2v) is 27.0. The Labute approximate surface area is 636 Å². The van der Waals surface area contributed by atoms with Crippen molar-refractivity contribution in [2.75, 3.05) is 190 Å². The molecule has 3 unspecified atom stereocenters. The van der Waals surface area contributed by atoms with Gasteiger partial charge in [0, 0.05) is 137 Å². The number of hydrogen-bond donors (Lipinski definition) is 10. The predicted molar refractivity (Wildman–Crippen MR) is 329 cm³/mol. The van der Waals surface area contributed by atoms with E-state index >= 15 is 8.78 Å². The second-order valence-electron chi connectivity index (χ2n) is 25.0. The summed E-state index contributed by atoms with van der Waals surface area (Å²) >= 11 is 0. The molecule has 3 aliphatic heterocycles. The van der Waals surface area contributed by atoms with E-state index in [0.717, 1.165) is 0 Å². The molecule has 33 nitrogen and oxygen atoms in total. The molecule has 3 atom stereocenters. The Balaban J connectivity index is 0.0000396. The van der Waals surface area contributed by atoms with Crippen LogP contribution in [0.1, 0.15) is 33.1 Å². The molecule has 3 rings (SSSR count). The van der Waals surface area contributed by atoms with Gasteiger partial charge >= 0.3 is 123 Å². The van der Waals surface area contributed by atoms with E-state index < -0.39 is 230 Å². The van der Waals surface area contributed by atoms with Gasteiger partial charge in [0.05, 0.1) is 64.4 Å². The molecule has 10 N–H and O–H groups in total. The third-order valence-electron chi connectivity index (χ3n) is 17.4. The van der Waals surface area contributed by atoms with Crippen LogP contribution >= 0.6 is 0 Å². The summed E-state index contributed by atoms with van der Waals surface area (Å²) in [5, 5.41) is 58.6. The number of carbonyl (C=O) groups excluding carboxylic acids is 5. The molecule has 621 valence electrons. The number of nitrogens with zero attached hydrogens (tertiary/aromatic N) is 10. The Morgan fingerprint density at radius 1 is 0.370 bits per heavy atom. The zero-order valence-electron chi connectivity index (χ0n) is 57.5. The number of carbonyl (C=O) groups is 11. The van der Waals surface area contributed by atoms with Crippen molar-refractivity contribution >= 4 is 75.4 Å². The van der Waals surface area contributed by atoms with Crippen molar-refractivity contribution in [3.8, 4) is 0 Å². The van der Waals surface area contributed by atoms with Gasteiger partial charge in [-0.3, -0.25) is 91.9 Å². The first kappa shape index (κ1) is 98.0. The van der Waals surface area contributed by atoms with Gasteiger partial charge in [-0.05, 0) is 33.1 Å². The van der Waals surface area contributed by atoms with Crippen LogP contribution in [0.15, 0.2) is 0 Å². The Hall–Kier alpha value is -6.11. The largest absolute Gasteiger partial charge is 3.00 e. The fourth-order valence-electron chi connectivity index (χ4n) is 11.0. The topological polar surface area (TPSA) is 424 Å². The third-order valence-corrected chi connectivity index (χ3v) is 19.3. The molecule has 0 aliphatic carbocycles. The number of halogens is 17. The van der Waals surface area contributed by atoms with E-state index in [-0.39, 0.29) is 164 Å². The van der Waals surface area contributed by atoms with Crippen molar-refractivity contribution in [3.05, 3.63) is 0 Å². The summed E-state index contributed by atoms with van der Waals surface area (Å²) in [7, 11) is -7.77. The molecule has 0 aromatic rings. The summed E-state index contributed by atoms with van der Waals surface area (Å²) in [5.41, 5.74) is 0. The molecule has 108 heavy (non-hydrogen) atoms. The summed E-state index contributed by atoms with van der Waals surface area (Å²) in [5.74, 6) is -65.8. The fourth-order valence-corrected chi connectivity index (χ4v) is 12.5. The maximum atomic E-state index is 15.3. The number of aliphatic carboxylic acids is 6. The molecule has 3 heterocycles. The van der Waals surface area contributed by atoms with Crippen LogP contribution in [0.5, 0.6) is 0 Å². The molecule has 5 amide bonds. The monoisotopic (exact) mass is 1770 g/mol. The molecule has 0 aromatic heterocycles. The minimum atomic E-state index is -9.10. The van der Waals surface area contributed by atoms with E-state index in [2.05, 4.69) is 21.3 Å². The van der Waals surface area contributed by atoms with E-state index in [1.54, 1.807) is 4.90 Å². The van der Waals surface area contributed by atoms with Gasteiger partial charge in [-0.1, -0.05) is 0 Å². The van der Waals surface area contributed by atoms with E-state index in [9.17, 15) is 158 Å². The number of carboxylic acid groups (broad SMARTS) is 6. The van der Waals surface area contributed by atoms with Crippen LogP contribution in [-0.2, 0) is 62.8 Å². The molecule has 0 spiro atoms. The Morgan fingerprint density at radius 2 is 0.648 bits per heavy atom. The summed E-state index contributed by atoms with van der Waals surface area (Å²) in [6.07, 6.45) is -9.03. The summed E-state index contributed by atoms with van der Waals surface area (Å²) < 4.78 is 265. The first-order chi connectivity index (χ1) is 49.1. The number of hydrogen-bond acceptors (Lipinski definition) is 21. The van der Waals surface area contributed by atoms with Crippen LogP contribution in [0.25, 0.3) is 0 Å². The number of piperazine rings is 1. The number of rotatable bonds is 35. The van der Waals surface area contributed by atoms with E-state index in [1.807, 2.05) is 0 Å². The zero-order valence-corrected chi connectivity index (χ0v) is 60.6. The van der Waals surface area contributed by atoms with Gasteiger partial charge in [-0.25, -0.2) is 8.42 Å². The Morgan fingerprint density at radius 3 is 0.944 bits per heavy atom. The van der Waals surface area contributed by atoms with Crippen molar-refractivity contribution < 1.29 is 206 Å². The zero-order chi connectivity index (χ0) is 81.8. The maximum Gasteiger partial charge on any atom is 3.00 e. The summed E-state index contributed by atoms with van der Waals surface area (Å²) in [6, 6.07) is -4.23. The van der Waals surface area contributed by atoms with Crippen LogP contribution in [0.3, 0.4) is 0 Å². The van der Waals surface area contributed by atoms with Gasteiger partial charge < -0.3 is 56.8 Å². The van der Waals surface area contributed by atoms with Gasteiger partial charge in [0.25, 0.3) is 10.0 Å². The van der Waals surface area contributed by atoms with Crippen LogP contribution in [0.4, 0.5) is 74.6 Å². The Bertz CT molecular complexity index is 3150. The first-order valence-electron chi connectivity index (χ1n) is 32.3. The SMILES string of the molecule is CC(C(=O)NCC(=O)NCCCCC(NC(=O)CNC(=O)C(C)N1CCN(CC(=O)O)CCN(CC(=O)O)CCN(CC(=O)O)CC1)C(=O)N1CCN(S(=O)(=O)C(F)(F)C(F)(F)C(F)(F)C(F)(F)C(F)(F)C(F)(F)C(F)(F)C(F)(F)F)CC1)N1CCN(CC(=O)O)CCN(CC(=O)O)CCN(CC(=O)O)CC1.[Gd+3]. The van der Waals surface area contributed by atoms with Crippen LogP contribution in [0, 0.1) is 39.9 Å². The van der Waals surface area contributed by atoms with Gasteiger partial charge in [0.1, 0.15) is 6.04 Å². The molecule has 0 bridgehead atoms. The number of nitrogens with one attached hydrogen (secondary N) is 4. The van der Waals surface area contributed by atoms with Crippen molar-refractivity contribution in [3.63, 3.8) is 0 Å². The van der Waals surface area contributed by atoms with Crippen molar-refractivity contribution in [2.45, 2.75) is 98.2 Å². The standard InChI is InChI=1S/C56H83F17N14O19S.Gd/c1-35(84-19-15-80(31-42(94)95)11-7-78(29-40(90)91)8-12-81(16-20-84)32-43(96)97)46(102)75-27-38(88)74-6-4-3-5-37(77-39(89)28-76-47(103)36(2)85-21-17-82(33-44(98)99)13-9-79(30-41(92)93)10-14-83(18-22-85)34-45(100)101)48(104)86-23-25-87(26-24-86)107(105,106)56(72,73)54(67,68)52(63,64)50(59,60)49(57,58)51(61,62)53(65,66)55(69,70)71;/h35-37H,3-34H2,1-2H3,(H,74,88)(H,75,102)(H,76,103)(H,77,89)(H,90,91)(H,92,93)(H,94,95)(H,96,97)(H,98,99)(H,100,101);/q;+3. The minimum Gasteiger partial charge on any atom is -0.480 e. The molecule has 3 aliphatic rings. The minimum absolute atomic E-state index is 0. The smallest absolute Gasteiger partial charge is 0.480 e. The van der Waals surface area contributed by atoms with Crippen molar-refractivity contribution in [1.82, 2.24) is 69.7 Å². The molecule has 3 saturated heterocycles. The van der Waals surface area contributed by atoms with E-state index in [4.69, 9.17) is 0 Å². The second kappa shape index (κ2) is 41.4. The predicted octanol–water partition coefficient (Wildman–Crippen LogP) is -1.84.